The van der Waals surface area contributed by atoms with E-state index in [4.69, 9.17) is 14.2 Å². The first-order valence-corrected chi connectivity index (χ1v) is 11.2. The summed E-state index contributed by atoms with van der Waals surface area (Å²) in [6, 6.07) is 12.8. The molecule has 2 aromatic rings. The standard InChI is InChI=1S/C25H28N2O7/c1-3-32-25(31)34-21-9-7-19(8-10-21)24(30)27-13-11-18(12-14-27)16-26-23(29)20-5-4-6-22(15-20)33-17(2)28/h4-10,15,18H,3,11-14,16H2,1-2H3,(H,26,29). The largest absolute Gasteiger partial charge is 0.513 e. The maximum absolute atomic E-state index is 12.8. The maximum atomic E-state index is 12.8. The molecule has 0 radical (unpaired) electrons. The molecule has 1 aliphatic heterocycles. The molecule has 1 saturated heterocycles. The molecule has 9 nitrogen and oxygen atoms in total. The van der Waals surface area contributed by atoms with E-state index in [9.17, 15) is 19.2 Å². The van der Waals surface area contributed by atoms with Crippen LogP contribution in [-0.2, 0) is 9.53 Å². The fraction of sp³-hybridized carbons (Fsp3) is 0.360. The van der Waals surface area contributed by atoms with Crippen LogP contribution < -0.4 is 14.8 Å². The Morgan fingerprint density at radius 2 is 1.65 bits per heavy atom. The summed E-state index contributed by atoms with van der Waals surface area (Å²) in [5, 5.41) is 2.92. The van der Waals surface area contributed by atoms with E-state index in [2.05, 4.69) is 5.32 Å². The number of nitrogens with one attached hydrogen (secondary N) is 1. The zero-order chi connectivity index (χ0) is 24.5. The molecule has 0 atom stereocenters. The average molecular weight is 469 g/mol. The number of piperidine rings is 1. The summed E-state index contributed by atoms with van der Waals surface area (Å²) < 4.78 is 14.8. The van der Waals surface area contributed by atoms with Crippen LogP contribution in [0.4, 0.5) is 4.79 Å². The Kier molecular flexibility index (Phi) is 8.61. The van der Waals surface area contributed by atoms with E-state index < -0.39 is 12.1 Å². The quantitative estimate of drug-likeness (QED) is 0.376. The lowest BCUT2D eigenvalue weighted by molar-refractivity contribution is -0.131. The zero-order valence-corrected chi connectivity index (χ0v) is 19.2. The van der Waals surface area contributed by atoms with Crippen LogP contribution in [0.5, 0.6) is 11.5 Å². The van der Waals surface area contributed by atoms with Gasteiger partial charge < -0.3 is 24.4 Å². The molecule has 1 fully saturated rings. The minimum atomic E-state index is -0.784. The molecule has 0 aliphatic carbocycles. The first-order chi connectivity index (χ1) is 16.4. The Hall–Kier alpha value is -3.88. The normalized spacial score (nSPS) is 13.6. The Morgan fingerprint density at radius 1 is 0.941 bits per heavy atom. The Labute approximate surface area is 198 Å². The summed E-state index contributed by atoms with van der Waals surface area (Å²) in [5.74, 6) is 0.116. The highest BCUT2D eigenvalue weighted by Gasteiger charge is 2.24. The summed E-state index contributed by atoms with van der Waals surface area (Å²) in [4.78, 5) is 49.5. The predicted molar refractivity (Wildman–Crippen MR) is 123 cm³/mol. The fourth-order valence-electron chi connectivity index (χ4n) is 3.64. The molecule has 0 spiro atoms. The van der Waals surface area contributed by atoms with Crippen LogP contribution in [0.15, 0.2) is 48.5 Å². The van der Waals surface area contributed by atoms with Crippen molar-refractivity contribution in [2.75, 3.05) is 26.2 Å². The summed E-state index contributed by atoms with van der Waals surface area (Å²) >= 11 is 0. The van der Waals surface area contributed by atoms with Gasteiger partial charge in [0.15, 0.2) is 0 Å². The first kappa shape index (κ1) is 24.8. The van der Waals surface area contributed by atoms with E-state index in [0.717, 1.165) is 12.8 Å². The molecule has 2 amide bonds. The van der Waals surface area contributed by atoms with Crippen molar-refractivity contribution in [3.8, 4) is 11.5 Å². The van der Waals surface area contributed by atoms with Crippen LogP contribution in [0.3, 0.4) is 0 Å². The molecule has 2 aromatic carbocycles. The molecular weight excluding hydrogens is 440 g/mol. The van der Waals surface area contributed by atoms with E-state index in [-0.39, 0.29) is 24.3 Å². The van der Waals surface area contributed by atoms with Crippen molar-refractivity contribution in [2.24, 2.45) is 5.92 Å². The number of hydrogen-bond acceptors (Lipinski definition) is 7. The molecule has 34 heavy (non-hydrogen) atoms. The highest BCUT2D eigenvalue weighted by molar-refractivity contribution is 5.95. The number of carbonyl (C=O) groups excluding carboxylic acids is 4. The Morgan fingerprint density at radius 3 is 2.29 bits per heavy atom. The predicted octanol–water partition coefficient (Wildman–Crippen LogP) is 3.43. The Bertz CT molecular complexity index is 1030. The van der Waals surface area contributed by atoms with Crippen LogP contribution >= 0.6 is 0 Å². The minimum absolute atomic E-state index is 0.0903. The third-order valence-corrected chi connectivity index (χ3v) is 5.38. The van der Waals surface area contributed by atoms with Gasteiger partial charge in [-0.15, -0.1) is 0 Å². The third-order valence-electron chi connectivity index (χ3n) is 5.38. The number of nitrogens with zero attached hydrogens (tertiary/aromatic N) is 1. The first-order valence-electron chi connectivity index (χ1n) is 11.2. The average Bonchev–Trinajstić information content (AvgIpc) is 2.83. The molecule has 0 unspecified atom stereocenters. The van der Waals surface area contributed by atoms with Crippen LogP contribution in [0.1, 0.15) is 47.4 Å². The van der Waals surface area contributed by atoms with Gasteiger partial charge in [-0.3, -0.25) is 14.4 Å². The molecular formula is C25H28N2O7. The van der Waals surface area contributed by atoms with E-state index in [1.54, 1.807) is 54.3 Å². The van der Waals surface area contributed by atoms with Crippen molar-refractivity contribution in [1.29, 1.82) is 0 Å². The highest BCUT2D eigenvalue weighted by atomic mass is 16.7. The second-order valence-corrected chi connectivity index (χ2v) is 7.88. The molecule has 1 heterocycles. The van der Waals surface area contributed by atoms with Crippen molar-refractivity contribution in [3.05, 3.63) is 59.7 Å². The van der Waals surface area contributed by atoms with Crippen LogP contribution in [0.2, 0.25) is 0 Å². The SMILES string of the molecule is CCOC(=O)Oc1ccc(C(=O)N2CCC(CNC(=O)c3cccc(OC(C)=O)c3)CC2)cc1. The van der Waals surface area contributed by atoms with Gasteiger partial charge in [-0.25, -0.2) is 4.79 Å². The number of ether oxygens (including phenoxy) is 3. The van der Waals surface area contributed by atoms with Crippen LogP contribution in [-0.4, -0.2) is 55.1 Å². The van der Waals surface area contributed by atoms with Crippen LogP contribution in [0, 0.1) is 5.92 Å². The number of benzene rings is 2. The molecule has 1 aliphatic rings. The molecule has 3 rings (SSSR count). The van der Waals surface area contributed by atoms with Crippen molar-refractivity contribution in [2.45, 2.75) is 26.7 Å². The van der Waals surface area contributed by atoms with Gasteiger partial charge in [0, 0.05) is 37.7 Å². The van der Waals surface area contributed by atoms with Crippen LogP contribution in [0.25, 0.3) is 0 Å². The maximum Gasteiger partial charge on any atom is 0.513 e. The Balaban J connectivity index is 1.45. The third kappa shape index (κ3) is 7.06. The summed E-state index contributed by atoms with van der Waals surface area (Å²) in [5.41, 5.74) is 0.928. The van der Waals surface area contributed by atoms with Gasteiger partial charge in [-0.1, -0.05) is 6.07 Å². The van der Waals surface area contributed by atoms with Crippen molar-refractivity contribution in [1.82, 2.24) is 10.2 Å². The molecule has 1 N–H and O–H groups in total. The summed E-state index contributed by atoms with van der Waals surface area (Å²) in [7, 11) is 0. The smallest absolute Gasteiger partial charge is 0.434 e. The minimum Gasteiger partial charge on any atom is -0.434 e. The number of amides is 2. The number of rotatable bonds is 7. The molecule has 180 valence electrons. The highest BCUT2D eigenvalue weighted by Crippen LogP contribution is 2.21. The lowest BCUT2D eigenvalue weighted by atomic mass is 9.96. The van der Waals surface area contributed by atoms with Gasteiger partial charge in [-0.05, 0) is 68.1 Å². The van der Waals surface area contributed by atoms with E-state index in [1.165, 1.54) is 13.0 Å². The van der Waals surface area contributed by atoms with Crippen molar-refractivity contribution < 1.29 is 33.4 Å². The van der Waals surface area contributed by atoms with E-state index in [0.29, 0.717) is 42.3 Å². The lowest BCUT2D eigenvalue weighted by Gasteiger charge is -2.32. The number of likely N-dealkylation sites (tertiary alicyclic amines) is 1. The number of hydrogen-bond donors (Lipinski definition) is 1. The summed E-state index contributed by atoms with van der Waals surface area (Å²) in [6.07, 6.45) is 0.750. The molecule has 0 bridgehead atoms. The van der Waals surface area contributed by atoms with Crippen molar-refractivity contribution >= 4 is 23.9 Å². The molecule has 0 saturated carbocycles. The second kappa shape index (κ2) is 11.8. The van der Waals surface area contributed by atoms with Gasteiger partial charge in [-0.2, -0.15) is 0 Å². The second-order valence-electron chi connectivity index (χ2n) is 7.88. The van der Waals surface area contributed by atoms with E-state index >= 15 is 0 Å². The van der Waals surface area contributed by atoms with Gasteiger partial charge >= 0.3 is 12.1 Å². The molecule has 0 aromatic heterocycles. The monoisotopic (exact) mass is 468 g/mol. The van der Waals surface area contributed by atoms with Gasteiger partial charge in [0.05, 0.1) is 6.61 Å². The fourth-order valence-corrected chi connectivity index (χ4v) is 3.64. The van der Waals surface area contributed by atoms with Gasteiger partial charge in [0.2, 0.25) is 0 Å². The zero-order valence-electron chi connectivity index (χ0n) is 19.2. The van der Waals surface area contributed by atoms with Crippen molar-refractivity contribution in [3.63, 3.8) is 0 Å². The summed E-state index contributed by atoms with van der Waals surface area (Å²) in [6.45, 7) is 4.88. The van der Waals surface area contributed by atoms with Gasteiger partial charge in [0.1, 0.15) is 11.5 Å². The number of carbonyl (C=O) groups is 4. The topological polar surface area (TPSA) is 111 Å². The number of esters is 1. The molecule has 9 heteroatoms. The van der Waals surface area contributed by atoms with E-state index in [1.807, 2.05) is 0 Å². The lowest BCUT2D eigenvalue weighted by Crippen LogP contribution is -2.41. The van der Waals surface area contributed by atoms with Gasteiger partial charge in [0.25, 0.3) is 11.8 Å².